The molecule has 0 bridgehead atoms. The Hall–Kier alpha value is -2.08. The minimum atomic E-state index is -1.00. The summed E-state index contributed by atoms with van der Waals surface area (Å²) in [5, 5.41) is 14.6. The quantitative estimate of drug-likeness (QED) is 0.794. The van der Waals surface area contributed by atoms with Crippen molar-refractivity contribution in [2.24, 2.45) is 5.92 Å². The molecule has 0 saturated carbocycles. The first kappa shape index (κ1) is 15.3. The van der Waals surface area contributed by atoms with Crippen molar-refractivity contribution < 1.29 is 19.4 Å². The van der Waals surface area contributed by atoms with Crippen LogP contribution in [0.2, 0.25) is 0 Å². The van der Waals surface area contributed by atoms with Gasteiger partial charge in [0, 0.05) is 25.4 Å². The predicted octanol–water partition coefficient (Wildman–Crippen LogP) is 2.24. The topological polar surface area (TPSA) is 87.7 Å². The van der Waals surface area contributed by atoms with Crippen molar-refractivity contribution in [1.29, 1.82) is 0 Å². The molecule has 114 valence electrons. The maximum atomic E-state index is 11.9. The van der Waals surface area contributed by atoms with Gasteiger partial charge in [-0.2, -0.15) is 0 Å². The van der Waals surface area contributed by atoms with E-state index in [0.717, 1.165) is 26.1 Å². The van der Waals surface area contributed by atoms with E-state index >= 15 is 0 Å². The van der Waals surface area contributed by atoms with Crippen LogP contribution < -0.4 is 10.6 Å². The zero-order valence-corrected chi connectivity index (χ0v) is 12.0. The van der Waals surface area contributed by atoms with E-state index < -0.39 is 5.97 Å². The molecule has 1 saturated heterocycles. The van der Waals surface area contributed by atoms with Crippen LogP contribution in [0.5, 0.6) is 0 Å². The lowest BCUT2D eigenvalue weighted by atomic mass is 10.0. The van der Waals surface area contributed by atoms with E-state index in [1.165, 1.54) is 6.07 Å². The van der Waals surface area contributed by atoms with Gasteiger partial charge in [0.15, 0.2) is 0 Å². The molecule has 1 aromatic carbocycles. The molecule has 21 heavy (non-hydrogen) atoms. The third kappa shape index (κ3) is 4.19. The van der Waals surface area contributed by atoms with Crippen LogP contribution in [0.4, 0.5) is 10.5 Å². The van der Waals surface area contributed by atoms with E-state index in [9.17, 15) is 9.59 Å². The third-order valence-corrected chi connectivity index (χ3v) is 3.70. The van der Waals surface area contributed by atoms with Crippen molar-refractivity contribution in [2.75, 3.05) is 25.1 Å². The van der Waals surface area contributed by atoms with Crippen LogP contribution in [-0.2, 0) is 4.74 Å². The summed E-state index contributed by atoms with van der Waals surface area (Å²) in [6.07, 6.45) is 1.90. The highest BCUT2D eigenvalue weighted by molar-refractivity contribution is 5.95. The molecule has 1 fully saturated rings. The van der Waals surface area contributed by atoms with Crippen LogP contribution >= 0.6 is 0 Å². The van der Waals surface area contributed by atoms with Crippen LogP contribution in [0, 0.1) is 12.8 Å². The van der Waals surface area contributed by atoms with Crippen LogP contribution in [0.1, 0.15) is 28.8 Å². The second kappa shape index (κ2) is 7.08. The van der Waals surface area contributed by atoms with Crippen LogP contribution in [-0.4, -0.2) is 36.9 Å². The number of carboxylic acid groups (broad SMARTS) is 1. The number of urea groups is 1. The number of benzene rings is 1. The number of carbonyl (C=O) groups is 2. The van der Waals surface area contributed by atoms with Gasteiger partial charge in [0.05, 0.1) is 5.56 Å². The first-order valence-electron chi connectivity index (χ1n) is 7.03. The Bertz CT molecular complexity index is 524. The van der Waals surface area contributed by atoms with E-state index in [-0.39, 0.29) is 11.6 Å². The van der Waals surface area contributed by atoms with Crippen LogP contribution in [0.15, 0.2) is 18.2 Å². The second-order valence-corrected chi connectivity index (χ2v) is 5.17. The largest absolute Gasteiger partial charge is 0.478 e. The predicted molar refractivity (Wildman–Crippen MR) is 78.7 cm³/mol. The molecule has 0 unspecified atom stereocenters. The summed E-state index contributed by atoms with van der Waals surface area (Å²) in [4.78, 5) is 22.9. The van der Waals surface area contributed by atoms with Gasteiger partial charge in [-0.15, -0.1) is 0 Å². The number of carboxylic acids is 1. The highest BCUT2D eigenvalue weighted by Gasteiger charge is 2.15. The molecular weight excluding hydrogens is 272 g/mol. The number of rotatable bonds is 4. The fraction of sp³-hybridized carbons (Fsp3) is 0.467. The van der Waals surface area contributed by atoms with E-state index in [1.807, 2.05) is 0 Å². The van der Waals surface area contributed by atoms with Crippen molar-refractivity contribution in [1.82, 2.24) is 5.32 Å². The van der Waals surface area contributed by atoms with Crippen LogP contribution in [0.3, 0.4) is 0 Å². The summed E-state index contributed by atoms with van der Waals surface area (Å²) >= 11 is 0. The van der Waals surface area contributed by atoms with Gasteiger partial charge in [-0.05, 0) is 43.4 Å². The van der Waals surface area contributed by atoms with Crippen LogP contribution in [0.25, 0.3) is 0 Å². The molecule has 1 aromatic rings. The van der Waals surface area contributed by atoms with Gasteiger partial charge in [0.2, 0.25) is 0 Å². The second-order valence-electron chi connectivity index (χ2n) is 5.17. The molecule has 2 rings (SSSR count). The number of carbonyl (C=O) groups excluding carboxylic acids is 1. The Kier molecular flexibility index (Phi) is 5.16. The summed E-state index contributed by atoms with van der Waals surface area (Å²) in [5.41, 5.74) is 1.25. The van der Waals surface area contributed by atoms with Gasteiger partial charge in [-0.1, -0.05) is 6.07 Å². The summed E-state index contributed by atoms with van der Waals surface area (Å²) < 4.78 is 5.27. The van der Waals surface area contributed by atoms with E-state index in [0.29, 0.717) is 23.7 Å². The first-order chi connectivity index (χ1) is 10.1. The molecule has 2 amide bonds. The minimum absolute atomic E-state index is 0.192. The van der Waals surface area contributed by atoms with Gasteiger partial charge < -0.3 is 20.5 Å². The molecule has 0 aromatic heterocycles. The minimum Gasteiger partial charge on any atom is -0.478 e. The molecule has 0 spiro atoms. The average molecular weight is 292 g/mol. The Balaban J connectivity index is 1.90. The zero-order chi connectivity index (χ0) is 15.2. The van der Waals surface area contributed by atoms with Gasteiger partial charge in [0.1, 0.15) is 0 Å². The molecule has 0 atom stereocenters. The molecule has 6 nitrogen and oxygen atoms in total. The van der Waals surface area contributed by atoms with E-state index in [1.54, 1.807) is 19.1 Å². The smallest absolute Gasteiger partial charge is 0.336 e. The number of hydrogen-bond acceptors (Lipinski definition) is 3. The monoisotopic (exact) mass is 292 g/mol. The molecule has 6 heteroatoms. The number of nitrogens with one attached hydrogen (secondary N) is 2. The Morgan fingerprint density at radius 3 is 2.71 bits per heavy atom. The number of hydrogen-bond donors (Lipinski definition) is 3. The molecule has 1 aliphatic heterocycles. The van der Waals surface area contributed by atoms with Crippen molar-refractivity contribution in [3.63, 3.8) is 0 Å². The number of aromatic carboxylic acids is 1. The standard InChI is InChI=1S/C15H20N2O4/c1-10-12(14(18)19)3-2-4-13(10)17-15(20)16-9-11-5-7-21-8-6-11/h2-4,11H,5-9H2,1H3,(H,18,19)(H2,16,17,20). The van der Waals surface area contributed by atoms with Crippen molar-refractivity contribution in [3.8, 4) is 0 Å². The number of amides is 2. The highest BCUT2D eigenvalue weighted by atomic mass is 16.5. The molecule has 0 radical (unpaired) electrons. The van der Waals surface area contributed by atoms with E-state index in [2.05, 4.69) is 10.6 Å². The zero-order valence-electron chi connectivity index (χ0n) is 12.0. The number of ether oxygens (including phenoxy) is 1. The van der Waals surface area contributed by atoms with Crippen molar-refractivity contribution >= 4 is 17.7 Å². The average Bonchev–Trinajstić information content (AvgIpc) is 2.48. The Morgan fingerprint density at radius 1 is 1.33 bits per heavy atom. The fourth-order valence-corrected chi connectivity index (χ4v) is 2.36. The van der Waals surface area contributed by atoms with Gasteiger partial charge in [-0.25, -0.2) is 9.59 Å². The maximum absolute atomic E-state index is 11.9. The highest BCUT2D eigenvalue weighted by Crippen LogP contribution is 2.19. The SMILES string of the molecule is Cc1c(NC(=O)NCC2CCOCC2)cccc1C(=O)O. The van der Waals surface area contributed by atoms with Gasteiger partial charge in [-0.3, -0.25) is 0 Å². The maximum Gasteiger partial charge on any atom is 0.336 e. The number of anilines is 1. The molecule has 1 aliphatic rings. The lowest BCUT2D eigenvalue weighted by molar-refractivity contribution is 0.0670. The Labute approximate surface area is 123 Å². The van der Waals surface area contributed by atoms with Gasteiger partial charge in [0.25, 0.3) is 0 Å². The normalized spacial score (nSPS) is 15.5. The molecule has 3 N–H and O–H groups in total. The van der Waals surface area contributed by atoms with Crippen molar-refractivity contribution in [3.05, 3.63) is 29.3 Å². The van der Waals surface area contributed by atoms with Gasteiger partial charge >= 0.3 is 12.0 Å². The third-order valence-electron chi connectivity index (χ3n) is 3.70. The van der Waals surface area contributed by atoms with Crippen molar-refractivity contribution in [2.45, 2.75) is 19.8 Å². The Morgan fingerprint density at radius 2 is 2.05 bits per heavy atom. The lowest BCUT2D eigenvalue weighted by Gasteiger charge is -2.22. The fourth-order valence-electron chi connectivity index (χ4n) is 2.36. The molecular formula is C15H20N2O4. The molecule has 1 heterocycles. The summed E-state index contributed by atoms with van der Waals surface area (Å²) in [6, 6.07) is 4.51. The van der Waals surface area contributed by atoms with E-state index in [4.69, 9.17) is 9.84 Å². The lowest BCUT2D eigenvalue weighted by Crippen LogP contribution is -2.35. The molecule has 0 aliphatic carbocycles. The first-order valence-corrected chi connectivity index (χ1v) is 7.03. The summed E-state index contributed by atoms with van der Waals surface area (Å²) in [5.74, 6) is -0.560. The summed E-state index contributed by atoms with van der Waals surface area (Å²) in [6.45, 7) is 3.77. The summed E-state index contributed by atoms with van der Waals surface area (Å²) in [7, 11) is 0.